The van der Waals surface area contributed by atoms with E-state index in [-0.39, 0.29) is 0 Å². The molecule has 0 bridgehead atoms. The molecular formula is C28H29O4PS. The second kappa shape index (κ2) is 12.6. The molecule has 0 aliphatic heterocycles. The van der Waals surface area contributed by atoms with E-state index < -0.39 is 17.7 Å². The van der Waals surface area contributed by atoms with Crippen molar-refractivity contribution in [2.45, 2.75) is 24.6 Å². The number of hydrogen-bond donors (Lipinski definition) is 1. The summed E-state index contributed by atoms with van der Waals surface area (Å²) in [4.78, 5) is 0. The number of benzene rings is 4. The monoisotopic (exact) mass is 492 g/mol. The summed E-state index contributed by atoms with van der Waals surface area (Å²) in [5, 5.41) is 0. The van der Waals surface area contributed by atoms with E-state index in [4.69, 9.17) is 17.5 Å². The van der Waals surface area contributed by atoms with Crippen molar-refractivity contribution in [2.75, 3.05) is 0 Å². The zero-order valence-corrected chi connectivity index (χ0v) is 20.6. The molecule has 0 spiro atoms. The molecule has 0 saturated carbocycles. The molecule has 176 valence electrons. The van der Waals surface area contributed by atoms with Gasteiger partial charge >= 0.3 is 0 Å². The Bertz CT molecular complexity index is 1040. The zero-order chi connectivity index (χ0) is 24.3. The van der Waals surface area contributed by atoms with Gasteiger partial charge in [-0.2, -0.15) is 0 Å². The lowest BCUT2D eigenvalue weighted by molar-refractivity contribution is 0.366. The van der Waals surface area contributed by atoms with Crippen LogP contribution in [0.2, 0.25) is 0 Å². The van der Waals surface area contributed by atoms with E-state index in [0.29, 0.717) is 0 Å². The third kappa shape index (κ3) is 9.58. The van der Waals surface area contributed by atoms with Gasteiger partial charge in [0.1, 0.15) is 0 Å². The first-order valence-electron chi connectivity index (χ1n) is 11.0. The van der Waals surface area contributed by atoms with Crippen molar-refractivity contribution >= 4 is 17.7 Å². The maximum Gasteiger partial charge on any atom is 0.215 e. The number of hydrogen-bond acceptors (Lipinski definition) is 3. The summed E-state index contributed by atoms with van der Waals surface area (Å²) in [6.07, 6.45) is 4.69. The molecule has 34 heavy (non-hydrogen) atoms. The van der Waals surface area contributed by atoms with Crippen LogP contribution in [0.15, 0.2) is 121 Å². The highest BCUT2D eigenvalue weighted by atomic mass is 32.3. The summed E-state index contributed by atoms with van der Waals surface area (Å²) in [5.41, 5.74) is 5.85. The third-order valence-corrected chi connectivity index (χ3v) is 9.59. The average molecular weight is 493 g/mol. The van der Waals surface area contributed by atoms with Gasteiger partial charge in [0.2, 0.25) is 10.4 Å². The van der Waals surface area contributed by atoms with Crippen molar-refractivity contribution < 1.29 is 17.5 Å². The van der Waals surface area contributed by atoms with Gasteiger partial charge in [-0.05, 0) is 22.3 Å². The Balaban J connectivity index is 0.000000588. The van der Waals surface area contributed by atoms with Crippen molar-refractivity contribution in [3.05, 3.63) is 144 Å². The van der Waals surface area contributed by atoms with E-state index in [1.165, 1.54) is 46.9 Å². The van der Waals surface area contributed by atoms with E-state index in [1.54, 1.807) is 0 Å². The molecular weight excluding hydrogens is 463 g/mol. The molecule has 0 aromatic heterocycles. The van der Waals surface area contributed by atoms with Gasteiger partial charge in [-0.3, -0.25) is 4.55 Å². The van der Waals surface area contributed by atoms with Crippen LogP contribution in [0.3, 0.4) is 0 Å². The van der Waals surface area contributed by atoms with Gasteiger partial charge in [0.05, 0.1) is 24.6 Å². The van der Waals surface area contributed by atoms with Gasteiger partial charge in [0, 0.05) is 7.26 Å². The van der Waals surface area contributed by atoms with E-state index in [2.05, 4.69) is 121 Å². The molecule has 0 saturated heterocycles. The molecule has 0 unspecified atom stereocenters. The maximum absolute atomic E-state index is 8.63. The molecule has 4 aromatic rings. The molecule has 0 atom stereocenters. The van der Waals surface area contributed by atoms with Gasteiger partial charge in [0.25, 0.3) is 0 Å². The summed E-state index contributed by atoms with van der Waals surface area (Å²) < 4.78 is 32.8. The van der Waals surface area contributed by atoms with Crippen LogP contribution >= 0.6 is 7.26 Å². The summed E-state index contributed by atoms with van der Waals surface area (Å²) in [6.45, 7) is 0. The van der Waals surface area contributed by atoms with Crippen molar-refractivity contribution in [2.24, 2.45) is 0 Å². The normalized spacial score (nSPS) is 11.4. The summed E-state index contributed by atoms with van der Waals surface area (Å²) in [6, 6.07) is 44.3. The minimum atomic E-state index is -4.92. The molecule has 0 aliphatic carbocycles. The second-order valence-electron chi connectivity index (χ2n) is 8.34. The van der Waals surface area contributed by atoms with Gasteiger partial charge in [0.15, 0.2) is 0 Å². The molecule has 0 fully saturated rings. The molecule has 0 heterocycles. The molecule has 4 aromatic carbocycles. The van der Waals surface area contributed by atoms with Crippen LogP contribution in [0, 0.1) is 0 Å². The summed E-state index contributed by atoms with van der Waals surface area (Å²) >= 11 is 0. The molecule has 0 amide bonds. The standard InChI is InChI=1S/C28H28P.H2O4S/c1-5-13-25(14-6-1)21-29(22-26-15-7-2-8-16-26,23-27-17-9-3-10-18-27)24-28-19-11-4-12-20-28;1-5(2,3)4/h1-20H,21-24H2;(H2,1,2,3,4)/q+1;/p-1. The Morgan fingerprint density at radius 1 is 0.500 bits per heavy atom. The summed E-state index contributed by atoms with van der Waals surface area (Å²) in [5.74, 6) is 0. The number of rotatable bonds is 8. The topological polar surface area (TPSA) is 77.4 Å². The lowest BCUT2D eigenvalue weighted by atomic mass is 10.2. The van der Waals surface area contributed by atoms with E-state index in [0.717, 1.165) is 0 Å². The van der Waals surface area contributed by atoms with Crippen LogP contribution in [-0.2, 0) is 35.0 Å². The first-order chi connectivity index (χ1) is 16.3. The average Bonchev–Trinajstić information content (AvgIpc) is 2.80. The fraction of sp³-hybridized carbons (Fsp3) is 0.143. The lowest BCUT2D eigenvalue weighted by Gasteiger charge is -2.29. The van der Waals surface area contributed by atoms with Crippen molar-refractivity contribution in [1.29, 1.82) is 0 Å². The molecule has 6 heteroatoms. The molecule has 4 nitrogen and oxygen atoms in total. The largest absolute Gasteiger partial charge is 0.726 e. The van der Waals surface area contributed by atoms with E-state index in [1.807, 2.05) is 0 Å². The van der Waals surface area contributed by atoms with Crippen LogP contribution in [0.5, 0.6) is 0 Å². The third-order valence-electron chi connectivity index (χ3n) is 5.44. The van der Waals surface area contributed by atoms with Crippen LogP contribution in [0.25, 0.3) is 0 Å². The zero-order valence-electron chi connectivity index (χ0n) is 18.9. The van der Waals surface area contributed by atoms with Gasteiger partial charge in [-0.15, -0.1) is 0 Å². The van der Waals surface area contributed by atoms with Gasteiger partial charge in [-0.25, -0.2) is 8.42 Å². The van der Waals surface area contributed by atoms with Gasteiger partial charge in [-0.1, -0.05) is 121 Å². The molecule has 0 radical (unpaired) electrons. The van der Waals surface area contributed by atoms with Crippen LogP contribution < -0.4 is 0 Å². The maximum atomic E-state index is 8.63. The fourth-order valence-corrected chi connectivity index (χ4v) is 8.83. The highest BCUT2D eigenvalue weighted by molar-refractivity contribution is 7.79. The van der Waals surface area contributed by atoms with E-state index in [9.17, 15) is 0 Å². The second-order valence-corrected chi connectivity index (χ2v) is 13.1. The Labute approximate surface area is 203 Å². The smallest absolute Gasteiger partial charge is 0.215 e. The van der Waals surface area contributed by atoms with Crippen molar-refractivity contribution in [3.63, 3.8) is 0 Å². The highest BCUT2D eigenvalue weighted by Crippen LogP contribution is 2.68. The Kier molecular flexibility index (Phi) is 9.55. The predicted octanol–water partition coefficient (Wildman–Crippen LogP) is 6.81. The first kappa shape index (κ1) is 25.8. The van der Waals surface area contributed by atoms with E-state index >= 15 is 0 Å². The van der Waals surface area contributed by atoms with Crippen molar-refractivity contribution in [1.82, 2.24) is 0 Å². The molecule has 4 rings (SSSR count). The first-order valence-corrected chi connectivity index (χ1v) is 14.9. The Morgan fingerprint density at radius 2 is 0.676 bits per heavy atom. The Hall–Kier alpha value is -2.82. The fourth-order valence-electron chi connectivity index (χ4n) is 4.22. The van der Waals surface area contributed by atoms with Crippen LogP contribution in [0.4, 0.5) is 0 Å². The molecule has 1 N–H and O–H groups in total. The van der Waals surface area contributed by atoms with Crippen molar-refractivity contribution in [3.8, 4) is 0 Å². The van der Waals surface area contributed by atoms with Gasteiger partial charge < -0.3 is 4.55 Å². The van der Waals surface area contributed by atoms with Crippen LogP contribution in [0.1, 0.15) is 22.3 Å². The lowest BCUT2D eigenvalue weighted by Crippen LogP contribution is -2.08. The highest BCUT2D eigenvalue weighted by Gasteiger charge is 2.38. The Morgan fingerprint density at radius 3 is 0.853 bits per heavy atom. The van der Waals surface area contributed by atoms with Crippen LogP contribution in [-0.4, -0.2) is 17.5 Å². The SMILES string of the molecule is O=S(=O)([O-])O.c1ccc(C[P+](Cc2ccccc2)(Cc2ccccc2)Cc2ccccc2)cc1. The minimum Gasteiger partial charge on any atom is -0.726 e. The molecule has 0 aliphatic rings. The minimum absolute atomic E-state index is 1.17. The summed E-state index contributed by atoms with van der Waals surface area (Å²) in [7, 11) is -6.30. The predicted molar refractivity (Wildman–Crippen MR) is 140 cm³/mol. The quantitative estimate of drug-likeness (QED) is 0.167.